The second-order valence-corrected chi connectivity index (χ2v) is 9.51. The minimum Gasteiger partial charge on any atom is -0.370 e. The van der Waals surface area contributed by atoms with Gasteiger partial charge in [-0.25, -0.2) is 0 Å². The van der Waals surface area contributed by atoms with Gasteiger partial charge in [0.05, 0.1) is 35.0 Å². The van der Waals surface area contributed by atoms with Crippen molar-refractivity contribution in [3.8, 4) is 11.1 Å². The smallest absolute Gasteiger partial charge is 0.227 e. The molecule has 3 aromatic heterocycles. The van der Waals surface area contributed by atoms with Crippen LogP contribution in [0.1, 0.15) is 31.4 Å². The minimum atomic E-state index is 0.0322. The van der Waals surface area contributed by atoms with E-state index in [9.17, 15) is 4.79 Å². The molecule has 0 bridgehead atoms. The van der Waals surface area contributed by atoms with Crippen LogP contribution in [-0.4, -0.2) is 44.2 Å². The van der Waals surface area contributed by atoms with Gasteiger partial charge in [0.15, 0.2) is 0 Å². The van der Waals surface area contributed by atoms with Crippen LogP contribution in [0.25, 0.3) is 22.0 Å². The Morgan fingerprint density at radius 2 is 1.83 bits per heavy atom. The summed E-state index contributed by atoms with van der Waals surface area (Å²) in [5.74, 6) is 0.139. The Labute approximate surface area is 208 Å². The van der Waals surface area contributed by atoms with Crippen LogP contribution in [-0.2, 0) is 4.79 Å². The zero-order chi connectivity index (χ0) is 23.8. The standard InChI is InChI=1S/C26H25N7OS/c34-25(16-3-4-16)29-22-7-8-27-15-23(22)30-26(35)24-20-12-17(5-6-21(20)31-32-24)18-11-19(14-28-13-18)33-9-1-2-10-33/h5-8,11-16H,1-4,9-10H2,(H,30,35)(H,31,32)(H,27,29,34). The number of nitrogens with one attached hydrogen (secondary N) is 3. The maximum absolute atomic E-state index is 12.3. The van der Waals surface area contributed by atoms with Gasteiger partial charge in [-0.2, -0.15) is 5.10 Å². The number of thiocarbonyl (C=S) groups is 1. The third kappa shape index (κ3) is 4.46. The van der Waals surface area contributed by atoms with E-state index in [1.165, 1.54) is 12.8 Å². The number of hydrogen-bond acceptors (Lipinski definition) is 6. The van der Waals surface area contributed by atoms with E-state index in [0.717, 1.165) is 53.6 Å². The van der Waals surface area contributed by atoms with Gasteiger partial charge in [-0.15, -0.1) is 0 Å². The van der Waals surface area contributed by atoms with Crippen molar-refractivity contribution >= 4 is 51.1 Å². The Morgan fingerprint density at radius 1 is 0.971 bits per heavy atom. The second kappa shape index (κ2) is 9.07. The summed E-state index contributed by atoms with van der Waals surface area (Å²) >= 11 is 5.72. The van der Waals surface area contributed by atoms with E-state index < -0.39 is 0 Å². The first-order valence-corrected chi connectivity index (χ1v) is 12.3. The molecule has 0 atom stereocenters. The molecule has 4 heterocycles. The van der Waals surface area contributed by atoms with E-state index in [2.05, 4.69) is 53.9 Å². The summed E-state index contributed by atoms with van der Waals surface area (Å²) in [5.41, 5.74) is 6.09. The van der Waals surface area contributed by atoms with E-state index in [0.29, 0.717) is 22.1 Å². The number of benzene rings is 1. The van der Waals surface area contributed by atoms with Crippen LogP contribution < -0.4 is 15.5 Å². The monoisotopic (exact) mass is 483 g/mol. The van der Waals surface area contributed by atoms with E-state index in [4.69, 9.17) is 12.2 Å². The van der Waals surface area contributed by atoms with Gasteiger partial charge in [0, 0.05) is 42.4 Å². The van der Waals surface area contributed by atoms with Crippen molar-refractivity contribution in [1.29, 1.82) is 0 Å². The van der Waals surface area contributed by atoms with Crippen LogP contribution >= 0.6 is 12.2 Å². The van der Waals surface area contributed by atoms with E-state index in [1.807, 2.05) is 18.5 Å². The summed E-state index contributed by atoms with van der Waals surface area (Å²) in [4.78, 5) is 23.8. The molecule has 0 radical (unpaired) electrons. The molecule has 4 aromatic rings. The molecule has 3 N–H and O–H groups in total. The largest absolute Gasteiger partial charge is 0.370 e. The molecule has 0 spiro atoms. The van der Waals surface area contributed by atoms with Crippen LogP contribution in [0, 0.1) is 5.92 Å². The van der Waals surface area contributed by atoms with Gasteiger partial charge in [-0.05, 0) is 55.5 Å². The predicted octanol–water partition coefficient (Wildman–Crippen LogP) is 4.76. The predicted molar refractivity (Wildman–Crippen MR) is 142 cm³/mol. The lowest BCUT2D eigenvalue weighted by atomic mass is 10.0. The number of hydrogen-bond donors (Lipinski definition) is 3. The number of amides is 1. The normalized spacial score (nSPS) is 15.4. The highest BCUT2D eigenvalue weighted by atomic mass is 32.1. The SMILES string of the molecule is O=C(Nc1ccncc1NC(=S)c1n[nH]c2ccc(-c3cncc(N4CCCC4)c3)cc12)C1CC1. The molecule has 9 heteroatoms. The first-order chi connectivity index (χ1) is 17.2. The second-order valence-electron chi connectivity index (χ2n) is 9.10. The molecule has 176 valence electrons. The van der Waals surface area contributed by atoms with Crippen molar-refractivity contribution < 1.29 is 4.79 Å². The zero-order valence-electron chi connectivity index (χ0n) is 19.1. The highest BCUT2D eigenvalue weighted by molar-refractivity contribution is 7.81. The van der Waals surface area contributed by atoms with Crippen molar-refractivity contribution in [3.63, 3.8) is 0 Å². The molecular weight excluding hydrogens is 458 g/mol. The molecular formula is C26H25N7OS. The van der Waals surface area contributed by atoms with Crippen LogP contribution in [0.5, 0.6) is 0 Å². The number of aromatic nitrogens is 4. The number of rotatable bonds is 6. The summed E-state index contributed by atoms with van der Waals surface area (Å²) in [5, 5.41) is 14.7. The topological polar surface area (TPSA) is 98.8 Å². The van der Waals surface area contributed by atoms with Crippen LogP contribution in [0.3, 0.4) is 0 Å². The van der Waals surface area contributed by atoms with Crippen molar-refractivity contribution in [3.05, 3.63) is 60.8 Å². The highest BCUT2D eigenvalue weighted by Gasteiger charge is 2.30. The Balaban J connectivity index is 1.27. The molecule has 8 nitrogen and oxygen atoms in total. The number of fused-ring (bicyclic) bond motifs is 1. The maximum Gasteiger partial charge on any atom is 0.227 e. The number of carbonyl (C=O) groups excluding carboxylic acids is 1. The van der Waals surface area contributed by atoms with Gasteiger partial charge in [-0.1, -0.05) is 18.3 Å². The summed E-state index contributed by atoms with van der Waals surface area (Å²) in [6.45, 7) is 2.15. The molecule has 0 unspecified atom stereocenters. The zero-order valence-corrected chi connectivity index (χ0v) is 19.9. The Bertz CT molecular complexity index is 1420. The number of anilines is 3. The molecule has 1 aliphatic heterocycles. The highest BCUT2D eigenvalue weighted by Crippen LogP contribution is 2.32. The lowest BCUT2D eigenvalue weighted by Crippen LogP contribution is -2.17. The Kier molecular flexibility index (Phi) is 5.61. The maximum atomic E-state index is 12.3. The number of aromatic amines is 1. The fraction of sp³-hybridized carbons (Fsp3) is 0.269. The first-order valence-electron chi connectivity index (χ1n) is 11.9. The molecule has 35 heavy (non-hydrogen) atoms. The molecule has 6 rings (SSSR count). The summed E-state index contributed by atoms with van der Waals surface area (Å²) in [7, 11) is 0. The van der Waals surface area contributed by atoms with Crippen LogP contribution in [0.2, 0.25) is 0 Å². The van der Waals surface area contributed by atoms with Crippen molar-refractivity contribution in [2.75, 3.05) is 28.6 Å². The van der Waals surface area contributed by atoms with Gasteiger partial charge in [0.25, 0.3) is 0 Å². The fourth-order valence-electron chi connectivity index (χ4n) is 4.47. The molecule has 1 aliphatic carbocycles. The van der Waals surface area contributed by atoms with Crippen molar-refractivity contribution in [2.24, 2.45) is 5.92 Å². The fourth-order valence-corrected chi connectivity index (χ4v) is 4.73. The van der Waals surface area contributed by atoms with Crippen molar-refractivity contribution in [1.82, 2.24) is 20.2 Å². The number of nitrogens with zero attached hydrogens (tertiary/aromatic N) is 4. The molecule has 2 fully saturated rings. The molecule has 1 amide bonds. The third-order valence-corrected chi connectivity index (χ3v) is 6.88. The average Bonchev–Trinajstić information content (AvgIpc) is 3.42. The lowest BCUT2D eigenvalue weighted by molar-refractivity contribution is -0.117. The van der Waals surface area contributed by atoms with E-state index in [1.54, 1.807) is 18.5 Å². The van der Waals surface area contributed by atoms with Crippen LogP contribution in [0.15, 0.2) is 55.1 Å². The van der Waals surface area contributed by atoms with Gasteiger partial charge in [0.1, 0.15) is 10.7 Å². The summed E-state index contributed by atoms with van der Waals surface area (Å²) in [6, 6.07) is 10.1. The number of pyridine rings is 2. The molecule has 1 saturated heterocycles. The van der Waals surface area contributed by atoms with E-state index >= 15 is 0 Å². The minimum absolute atomic E-state index is 0.0322. The molecule has 2 aliphatic rings. The Morgan fingerprint density at radius 3 is 2.66 bits per heavy atom. The third-order valence-electron chi connectivity index (χ3n) is 6.58. The number of carbonyl (C=O) groups is 1. The Hall–Kier alpha value is -3.85. The number of H-pyrrole nitrogens is 1. The molecule has 1 aromatic carbocycles. The van der Waals surface area contributed by atoms with Crippen molar-refractivity contribution in [2.45, 2.75) is 25.7 Å². The van der Waals surface area contributed by atoms with Crippen LogP contribution in [0.4, 0.5) is 17.1 Å². The van der Waals surface area contributed by atoms with E-state index in [-0.39, 0.29) is 11.8 Å². The first kappa shape index (κ1) is 21.7. The van der Waals surface area contributed by atoms with Gasteiger partial charge >= 0.3 is 0 Å². The summed E-state index contributed by atoms with van der Waals surface area (Å²) in [6.07, 6.45) is 11.5. The quantitative estimate of drug-likeness (QED) is 0.340. The lowest BCUT2D eigenvalue weighted by Gasteiger charge is -2.17. The summed E-state index contributed by atoms with van der Waals surface area (Å²) < 4.78 is 0. The van der Waals surface area contributed by atoms with Gasteiger partial charge in [0.2, 0.25) is 5.91 Å². The van der Waals surface area contributed by atoms with Gasteiger partial charge < -0.3 is 15.5 Å². The van der Waals surface area contributed by atoms with Gasteiger partial charge in [-0.3, -0.25) is 19.9 Å². The molecule has 1 saturated carbocycles. The average molecular weight is 484 g/mol.